The molecule has 0 saturated heterocycles. The maximum atomic E-state index is 14.1. The van der Waals surface area contributed by atoms with E-state index in [9.17, 15) is 4.79 Å². The number of benzene rings is 3. The van der Waals surface area contributed by atoms with Gasteiger partial charge in [-0.3, -0.25) is 4.79 Å². The van der Waals surface area contributed by atoms with Crippen LogP contribution in [0, 0.1) is 6.92 Å². The van der Waals surface area contributed by atoms with Gasteiger partial charge in [-0.2, -0.15) is 0 Å². The van der Waals surface area contributed by atoms with Gasteiger partial charge in [-0.1, -0.05) is 76.9 Å². The number of carbonyl (C=O) groups excluding carboxylic acids is 1. The summed E-state index contributed by atoms with van der Waals surface area (Å²) in [5.74, 6) is 0.966. The Bertz CT molecular complexity index is 1280. The van der Waals surface area contributed by atoms with E-state index < -0.39 is 0 Å². The number of rotatable bonds is 8. The Morgan fingerprint density at radius 1 is 1.00 bits per heavy atom. The number of likely N-dealkylation sites (N-methyl/N-ethyl adjacent to an activating group) is 1. The molecule has 35 heavy (non-hydrogen) atoms. The molecule has 0 aliphatic heterocycles. The van der Waals surface area contributed by atoms with Crippen molar-refractivity contribution in [2.45, 2.75) is 26.3 Å². The number of amides is 1. The second kappa shape index (κ2) is 11.0. The molecule has 1 atom stereocenters. The number of hydrogen-bond donors (Lipinski definition) is 0. The number of aryl methyl sites for hydroxylation is 1. The smallest absolute Gasteiger partial charge is 0.260 e. The number of halogens is 2. The Morgan fingerprint density at radius 3 is 2.26 bits per heavy atom. The van der Waals surface area contributed by atoms with Crippen LogP contribution in [0.5, 0.6) is 5.75 Å². The van der Waals surface area contributed by atoms with Crippen molar-refractivity contribution in [2.24, 2.45) is 0 Å². The van der Waals surface area contributed by atoms with Crippen LogP contribution in [0.1, 0.15) is 40.2 Å². The third kappa shape index (κ3) is 5.21. The van der Waals surface area contributed by atoms with Crippen molar-refractivity contribution < 1.29 is 14.1 Å². The van der Waals surface area contributed by atoms with Gasteiger partial charge in [0, 0.05) is 12.1 Å². The molecule has 0 unspecified atom stereocenters. The number of ether oxygens (including phenoxy) is 1. The summed E-state index contributed by atoms with van der Waals surface area (Å²) in [6.07, 6.45) is 0.638. The molecule has 0 radical (unpaired) electrons. The van der Waals surface area contributed by atoms with Crippen LogP contribution in [0.25, 0.3) is 11.3 Å². The molecule has 0 fully saturated rings. The van der Waals surface area contributed by atoms with Gasteiger partial charge in [-0.15, -0.1) is 0 Å². The van der Waals surface area contributed by atoms with Crippen LogP contribution < -0.4 is 4.74 Å². The molecule has 1 aromatic heterocycles. The molecule has 5 nitrogen and oxygen atoms in total. The van der Waals surface area contributed by atoms with Crippen LogP contribution in [-0.4, -0.2) is 29.6 Å². The Balaban J connectivity index is 1.79. The molecule has 0 aliphatic rings. The average molecular weight is 509 g/mol. The first-order chi connectivity index (χ1) is 16.9. The Labute approximate surface area is 215 Å². The number of carbonyl (C=O) groups is 1. The fourth-order valence-electron chi connectivity index (χ4n) is 4.24. The largest absolute Gasteiger partial charge is 0.497 e. The predicted octanol–water partition coefficient (Wildman–Crippen LogP) is 7.41. The highest BCUT2D eigenvalue weighted by Crippen LogP contribution is 2.38. The molecule has 180 valence electrons. The average Bonchev–Trinajstić information content (AvgIpc) is 3.25. The Kier molecular flexibility index (Phi) is 7.79. The van der Waals surface area contributed by atoms with E-state index in [1.807, 2.05) is 54.3 Å². The van der Waals surface area contributed by atoms with Crippen molar-refractivity contribution in [2.75, 3.05) is 13.7 Å². The molecule has 4 rings (SSSR count). The van der Waals surface area contributed by atoms with Crippen molar-refractivity contribution in [1.82, 2.24) is 10.1 Å². The number of methoxy groups -OCH3 is 1. The minimum absolute atomic E-state index is 0.200. The van der Waals surface area contributed by atoms with Gasteiger partial charge in [0.15, 0.2) is 0 Å². The maximum Gasteiger partial charge on any atom is 0.260 e. The summed E-state index contributed by atoms with van der Waals surface area (Å²) in [5.41, 5.74) is 3.30. The summed E-state index contributed by atoms with van der Waals surface area (Å²) < 4.78 is 10.8. The zero-order valence-electron chi connectivity index (χ0n) is 19.8. The minimum Gasteiger partial charge on any atom is -0.497 e. The highest BCUT2D eigenvalue weighted by Gasteiger charge is 2.32. The highest BCUT2D eigenvalue weighted by atomic mass is 35.5. The fraction of sp³-hybridized carbons (Fsp3) is 0.214. The maximum absolute atomic E-state index is 14.1. The zero-order valence-corrected chi connectivity index (χ0v) is 21.3. The molecule has 1 heterocycles. The molecule has 0 bridgehead atoms. The second-order valence-corrected chi connectivity index (χ2v) is 8.94. The molecular weight excluding hydrogens is 483 g/mol. The van der Waals surface area contributed by atoms with E-state index in [0.717, 1.165) is 16.9 Å². The molecule has 7 heteroatoms. The Morgan fingerprint density at radius 2 is 1.66 bits per heavy atom. The summed E-state index contributed by atoms with van der Waals surface area (Å²) in [6, 6.07) is 22.9. The van der Waals surface area contributed by atoms with E-state index in [4.69, 9.17) is 32.5 Å². The van der Waals surface area contributed by atoms with Crippen LogP contribution in [-0.2, 0) is 6.42 Å². The third-order valence-corrected chi connectivity index (χ3v) is 6.66. The highest BCUT2D eigenvalue weighted by molar-refractivity contribution is 6.39. The van der Waals surface area contributed by atoms with Gasteiger partial charge in [-0.05, 0) is 55.7 Å². The number of aromatic nitrogens is 1. The van der Waals surface area contributed by atoms with Crippen molar-refractivity contribution in [3.05, 3.63) is 105 Å². The minimum atomic E-state index is -0.232. The first kappa shape index (κ1) is 24.8. The van der Waals surface area contributed by atoms with Gasteiger partial charge in [-0.25, -0.2) is 0 Å². The molecule has 4 aromatic rings. The molecule has 1 amide bonds. The Hall–Kier alpha value is -3.28. The molecule has 0 N–H and O–H groups in total. The summed E-state index contributed by atoms with van der Waals surface area (Å²) in [5, 5.41) is 4.98. The van der Waals surface area contributed by atoms with Crippen molar-refractivity contribution in [3.8, 4) is 17.0 Å². The van der Waals surface area contributed by atoms with E-state index in [-0.39, 0.29) is 11.9 Å². The number of nitrogens with zero attached hydrogens (tertiary/aromatic N) is 2. The summed E-state index contributed by atoms with van der Waals surface area (Å²) in [7, 11) is 1.63. The lowest BCUT2D eigenvalue weighted by molar-refractivity contribution is 0.0685. The lowest BCUT2D eigenvalue weighted by atomic mass is 9.95. The summed E-state index contributed by atoms with van der Waals surface area (Å²) in [4.78, 5) is 16.0. The van der Waals surface area contributed by atoms with Crippen molar-refractivity contribution in [1.29, 1.82) is 0 Å². The normalized spacial score (nSPS) is 11.8. The van der Waals surface area contributed by atoms with Crippen LogP contribution in [0.4, 0.5) is 0 Å². The van der Waals surface area contributed by atoms with E-state index in [1.54, 1.807) is 32.2 Å². The molecular formula is C28H26Cl2N2O3. The lowest BCUT2D eigenvalue weighted by Crippen LogP contribution is -2.36. The SMILES string of the molecule is CCN(C(=O)c1c(-c2c(Cl)cccc2Cl)noc1C)[C@@H](Cc1ccccc1)c1ccc(OC)cc1. The van der Waals surface area contributed by atoms with Gasteiger partial charge < -0.3 is 14.2 Å². The summed E-state index contributed by atoms with van der Waals surface area (Å²) >= 11 is 12.9. The van der Waals surface area contributed by atoms with E-state index in [0.29, 0.717) is 45.6 Å². The van der Waals surface area contributed by atoms with Gasteiger partial charge in [0.2, 0.25) is 0 Å². The van der Waals surface area contributed by atoms with E-state index in [2.05, 4.69) is 17.3 Å². The van der Waals surface area contributed by atoms with Gasteiger partial charge in [0.05, 0.1) is 23.2 Å². The zero-order chi connectivity index (χ0) is 24.9. The number of hydrogen-bond acceptors (Lipinski definition) is 4. The monoisotopic (exact) mass is 508 g/mol. The van der Waals surface area contributed by atoms with E-state index in [1.165, 1.54) is 0 Å². The molecule has 3 aromatic carbocycles. The quantitative estimate of drug-likeness (QED) is 0.248. The first-order valence-corrected chi connectivity index (χ1v) is 12.1. The van der Waals surface area contributed by atoms with Crippen molar-refractivity contribution in [3.63, 3.8) is 0 Å². The van der Waals surface area contributed by atoms with Crippen LogP contribution in [0.15, 0.2) is 77.3 Å². The third-order valence-electron chi connectivity index (χ3n) is 6.03. The molecule has 0 aliphatic carbocycles. The standard InChI is InChI=1S/C28H26Cl2N2O3/c1-4-32(24(17-19-9-6-5-7-10-19)20-13-15-21(34-3)16-14-20)28(33)25-18(2)35-31-27(25)26-22(29)11-8-12-23(26)30/h5-16,24H,4,17H2,1-3H3/t24-/m0/s1. The van der Waals surface area contributed by atoms with Gasteiger partial charge in [0.25, 0.3) is 5.91 Å². The molecule has 0 spiro atoms. The van der Waals surface area contributed by atoms with Crippen LogP contribution in [0.3, 0.4) is 0 Å². The fourth-order valence-corrected chi connectivity index (χ4v) is 4.82. The van der Waals surface area contributed by atoms with Gasteiger partial charge in [0.1, 0.15) is 22.8 Å². The first-order valence-electron chi connectivity index (χ1n) is 11.3. The van der Waals surface area contributed by atoms with Crippen molar-refractivity contribution >= 4 is 29.1 Å². The van der Waals surface area contributed by atoms with Crippen LogP contribution >= 0.6 is 23.2 Å². The van der Waals surface area contributed by atoms with E-state index >= 15 is 0 Å². The second-order valence-electron chi connectivity index (χ2n) is 8.13. The van der Waals surface area contributed by atoms with Gasteiger partial charge >= 0.3 is 0 Å². The lowest BCUT2D eigenvalue weighted by Gasteiger charge is -2.32. The summed E-state index contributed by atoms with van der Waals surface area (Å²) in [6.45, 7) is 4.16. The molecule has 0 saturated carbocycles. The predicted molar refractivity (Wildman–Crippen MR) is 139 cm³/mol. The topological polar surface area (TPSA) is 55.6 Å². The van der Waals surface area contributed by atoms with Crippen LogP contribution in [0.2, 0.25) is 10.0 Å².